The molecule has 26 heavy (non-hydrogen) atoms. The third-order valence-electron chi connectivity index (χ3n) is 3.70. The van der Waals surface area contributed by atoms with E-state index in [2.05, 4.69) is 10.8 Å². The average molecular weight is 382 g/mol. The number of hydrogen-bond donors (Lipinski definition) is 2. The van der Waals surface area contributed by atoms with Gasteiger partial charge in [-0.1, -0.05) is 25.5 Å². The first-order chi connectivity index (χ1) is 12.4. The van der Waals surface area contributed by atoms with Gasteiger partial charge in [-0.05, 0) is 43.4 Å². The van der Waals surface area contributed by atoms with Crippen LogP contribution < -0.4 is 9.46 Å². The van der Waals surface area contributed by atoms with Crippen molar-refractivity contribution in [2.45, 2.75) is 51.5 Å². The van der Waals surface area contributed by atoms with E-state index in [1.54, 1.807) is 24.3 Å². The van der Waals surface area contributed by atoms with Gasteiger partial charge in [-0.25, -0.2) is 13.1 Å². The van der Waals surface area contributed by atoms with Gasteiger partial charge in [0, 0.05) is 6.42 Å². The number of carboxylic acids is 1. The van der Waals surface area contributed by atoms with E-state index in [9.17, 15) is 18.3 Å². The lowest BCUT2D eigenvalue weighted by Crippen LogP contribution is -2.43. The van der Waals surface area contributed by atoms with Gasteiger partial charge in [0.05, 0.1) is 18.4 Å². The summed E-state index contributed by atoms with van der Waals surface area (Å²) in [5, 5.41) is 17.8. The highest BCUT2D eigenvalue weighted by molar-refractivity contribution is 7.89. The Hall–Kier alpha value is -2.11. The van der Waals surface area contributed by atoms with Crippen LogP contribution in [-0.2, 0) is 21.2 Å². The number of ether oxygens (including phenoxy) is 1. The zero-order valence-electron chi connectivity index (χ0n) is 15.0. The average Bonchev–Trinajstić information content (AvgIpc) is 2.60. The van der Waals surface area contributed by atoms with E-state index in [1.165, 1.54) is 0 Å². The number of nitriles is 1. The lowest BCUT2D eigenvalue weighted by molar-refractivity contribution is -0.138. The molecule has 0 radical (unpaired) electrons. The Balaban J connectivity index is 2.58. The third kappa shape index (κ3) is 8.83. The summed E-state index contributed by atoms with van der Waals surface area (Å²) in [6, 6.07) is 7.78. The first-order valence-corrected chi connectivity index (χ1v) is 10.3. The lowest BCUT2D eigenvalue weighted by atomic mass is 10.1. The first-order valence-electron chi connectivity index (χ1n) is 8.69. The van der Waals surface area contributed by atoms with Gasteiger partial charge >= 0.3 is 5.97 Å². The van der Waals surface area contributed by atoms with Gasteiger partial charge in [0.15, 0.2) is 0 Å². The van der Waals surface area contributed by atoms with Crippen molar-refractivity contribution in [1.82, 2.24) is 4.72 Å². The van der Waals surface area contributed by atoms with E-state index < -0.39 is 22.0 Å². The molecule has 0 amide bonds. The predicted octanol–water partition coefficient (Wildman–Crippen LogP) is 2.47. The van der Waals surface area contributed by atoms with Crippen LogP contribution in [0.5, 0.6) is 5.75 Å². The molecule has 2 N–H and O–H groups in total. The lowest BCUT2D eigenvalue weighted by Gasteiger charge is -2.15. The highest BCUT2D eigenvalue weighted by Gasteiger charge is 2.24. The minimum absolute atomic E-state index is 0.0587. The van der Waals surface area contributed by atoms with Crippen LogP contribution in [0.15, 0.2) is 24.3 Å². The van der Waals surface area contributed by atoms with Crippen molar-refractivity contribution in [1.29, 1.82) is 5.26 Å². The molecule has 0 unspecified atom stereocenters. The van der Waals surface area contributed by atoms with Crippen LogP contribution in [0.3, 0.4) is 0 Å². The predicted molar refractivity (Wildman–Crippen MR) is 98.4 cm³/mol. The Morgan fingerprint density at radius 2 is 1.96 bits per heavy atom. The first kappa shape index (κ1) is 21.9. The molecule has 8 heteroatoms. The number of nitrogens with one attached hydrogen (secondary N) is 1. The minimum atomic E-state index is -3.61. The molecule has 0 fully saturated rings. The molecular formula is C18H26N2O5S. The van der Waals surface area contributed by atoms with Crippen molar-refractivity contribution in [3.05, 3.63) is 29.8 Å². The van der Waals surface area contributed by atoms with Gasteiger partial charge in [-0.3, -0.25) is 4.79 Å². The zero-order valence-corrected chi connectivity index (χ0v) is 15.8. The van der Waals surface area contributed by atoms with Crippen LogP contribution in [0, 0.1) is 11.3 Å². The molecule has 1 rings (SSSR count). The van der Waals surface area contributed by atoms with Crippen molar-refractivity contribution in [3.63, 3.8) is 0 Å². The molecule has 0 spiro atoms. The van der Waals surface area contributed by atoms with E-state index in [0.29, 0.717) is 30.8 Å². The largest absolute Gasteiger partial charge is 0.494 e. The molecule has 0 aliphatic carbocycles. The second-order valence-electron chi connectivity index (χ2n) is 5.99. The number of rotatable bonds is 13. The summed E-state index contributed by atoms with van der Waals surface area (Å²) in [6.07, 6.45) is 3.35. The van der Waals surface area contributed by atoms with Crippen molar-refractivity contribution in [2.24, 2.45) is 0 Å². The normalized spacial score (nSPS) is 12.3. The van der Waals surface area contributed by atoms with Crippen LogP contribution in [0.2, 0.25) is 0 Å². The quantitative estimate of drug-likeness (QED) is 0.506. The number of carboxylic acid groups (broad SMARTS) is 1. The highest BCUT2D eigenvalue weighted by Crippen LogP contribution is 2.14. The third-order valence-corrected chi connectivity index (χ3v) is 5.17. The van der Waals surface area contributed by atoms with Gasteiger partial charge in [0.2, 0.25) is 10.0 Å². The van der Waals surface area contributed by atoms with Crippen molar-refractivity contribution >= 4 is 16.0 Å². The standard InChI is InChI=1S/C18H26N2O5S/c1-2-3-13-26(23,24)20-17(18(21)22)14-15-7-9-16(10-8-15)25-12-6-4-5-11-19/h7-10,17,20H,2-6,12-14H2,1H3,(H,21,22)/t17-/m0/s1. The Kier molecular flexibility index (Phi) is 9.70. The number of benzene rings is 1. The summed E-state index contributed by atoms with van der Waals surface area (Å²) in [6.45, 7) is 2.38. The van der Waals surface area contributed by atoms with Gasteiger partial charge in [-0.2, -0.15) is 5.26 Å². The minimum Gasteiger partial charge on any atom is -0.494 e. The second-order valence-corrected chi connectivity index (χ2v) is 7.87. The zero-order chi connectivity index (χ0) is 19.4. The SMILES string of the molecule is CCCCS(=O)(=O)N[C@@H](Cc1ccc(OCCCCC#N)cc1)C(=O)O. The molecule has 0 aromatic heterocycles. The summed E-state index contributed by atoms with van der Waals surface area (Å²) in [5.41, 5.74) is 0.701. The van der Waals surface area contributed by atoms with Gasteiger partial charge in [-0.15, -0.1) is 0 Å². The molecule has 0 saturated heterocycles. The Bertz CT molecular complexity index is 695. The summed E-state index contributed by atoms with van der Waals surface area (Å²) >= 11 is 0. The van der Waals surface area contributed by atoms with E-state index in [-0.39, 0.29) is 12.2 Å². The van der Waals surface area contributed by atoms with Gasteiger partial charge in [0.1, 0.15) is 11.8 Å². The van der Waals surface area contributed by atoms with Crippen molar-refractivity contribution in [3.8, 4) is 11.8 Å². The summed E-state index contributed by atoms with van der Waals surface area (Å²) in [4.78, 5) is 11.4. The van der Waals surface area contributed by atoms with Crippen LogP contribution in [0.25, 0.3) is 0 Å². The maximum atomic E-state index is 11.9. The molecule has 0 heterocycles. The Morgan fingerprint density at radius 1 is 1.27 bits per heavy atom. The molecule has 0 aliphatic rings. The molecule has 0 bridgehead atoms. The van der Waals surface area contributed by atoms with E-state index in [4.69, 9.17) is 10.00 Å². The summed E-state index contributed by atoms with van der Waals surface area (Å²) < 4.78 is 31.7. The fourth-order valence-electron chi connectivity index (χ4n) is 2.24. The second kappa shape index (κ2) is 11.5. The highest BCUT2D eigenvalue weighted by atomic mass is 32.2. The Labute approximate surface area is 155 Å². The molecule has 7 nitrogen and oxygen atoms in total. The van der Waals surface area contributed by atoms with E-state index in [1.807, 2.05) is 6.92 Å². The number of unbranched alkanes of at least 4 members (excludes halogenated alkanes) is 3. The maximum absolute atomic E-state index is 11.9. The molecule has 1 aromatic carbocycles. The number of sulfonamides is 1. The number of aliphatic carboxylic acids is 1. The van der Waals surface area contributed by atoms with Crippen LogP contribution in [0.4, 0.5) is 0 Å². The fraction of sp³-hybridized carbons (Fsp3) is 0.556. The fourth-order valence-corrected chi connectivity index (χ4v) is 3.65. The molecule has 1 aromatic rings. The van der Waals surface area contributed by atoms with E-state index in [0.717, 1.165) is 19.3 Å². The number of nitrogens with zero attached hydrogens (tertiary/aromatic N) is 1. The van der Waals surface area contributed by atoms with Crippen molar-refractivity contribution in [2.75, 3.05) is 12.4 Å². The molecule has 144 valence electrons. The van der Waals surface area contributed by atoms with Crippen molar-refractivity contribution < 1.29 is 23.1 Å². The topological polar surface area (TPSA) is 116 Å². The van der Waals surface area contributed by atoms with Gasteiger partial charge in [0.25, 0.3) is 0 Å². The summed E-state index contributed by atoms with van der Waals surface area (Å²) in [5.74, 6) is -0.629. The van der Waals surface area contributed by atoms with Gasteiger partial charge < -0.3 is 9.84 Å². The molecule has 0 aliphatic heterocycles. The van der Waals surface area contributed by atoms with Crippen LogP contribution in [-0.4, -0.2) is 37.9 Å². The smallest absolute Gasteiger partial charge is 0.322 e. The van der Waals surface area contributed by atoms with E-state index >= 15 is 0 Å². The Morgan fingerprint density at radius 3 is 2.54 bits per heavy atom. The van der Waals surface area contributed by atoms with Crippen LogP contribution >= 0.6 is 0 Å². The summed E-state index contributed by atoms with van der Waals surface area (Å²) in [7, 11) is -3.61. The molecular weight excluding hydrogens is 356 g/mol. The number of hydrogen-bond acceptors (Lipinski definition) is 5. The van der Waals surface area contributed by atoms with Crippen LogP contribution in [0.1, 0.15) is 44.6 Å². The molecule has 0 saturated carbocycles. The monoisotopic (exact) mass is 382 g/mol. The maximum Gasteiger partial charge on any atom is 0.322 e. The molecule has 1 atom stereocenters. The number of carbonyl (C=O) groups is 1.